The van der Waals surface area contributed by atoms with Crippen molar-refractivity contribution in [3.8, 4) is 17.3 Å². The lowest BCUT2D eigenvalue weighted by molar-refractivity contribution is 0.598. The first-order valence-electron chi connectivity index (χ1n) is 10.1. The summed E-state index contributed by atoms with van der Waals surface area (Å²) in [5, 5.41) is 18.9. The fraction of sp³-hybridized carbons (Fsp3) is 0.261. The molecule has 0 spiro atoms. The van der Waals surface area contributed by atoms with Gasteiger partial charge in [-0.2, -0.15) is 5.26 Å². The Morgan fingerprint density at radius 3 is 2.38 bits per heavy atom. The van der Waals surface area contributed by atoms with Gasteiger partial charge in [0.1, 0.15) is 17.5 Å². The normalized spacial score (nSPS) is 11.3. The average molecular weight is 468 g/mol. The van der Waals surface area contributed by atoms with Crippen LogP contribution in [-0.4, -0.2) is 30.7 Å². The molecule has 32 heavy (non-hydrogen) atoms. The molecule has 0 bridgehead atoms. The Labute approximate surface area is 193 Å². The number of primary sulfonamides is 1. The van der Waals surface area contributed by atoms with E-state index in [0.717, 1.165) is 16.9 Å². The molecule has 0 fully saturated rings. The topological polar surface area (TPSA) is 122 Å². The maximum absolute atomic E-state index is 11.4. The molecule has 1 aromatic heterocycles. The fourth-order valence-electron chi connectivity index (χ4n) is 2.96. The second-order valence-electron chi connectivity index (χ2n) is 7.63. The maximum atomic E-state index is 11.4. The van der Waals surface area contributed by atoms with Crippen LogP contribution in [0.1, 0.15) is 25.0 Å². The molecule has 0 aliphatic rings. The predicted molar refractivity (Wildman–Crippen MR) is 128 cm³/mol. The lowest BCUT2D eigenvalue weighted by Gasteiger charge is -2.13. The summed E-state index contributed by atoms with van der Waals surface area (Å²) < 4.78 is 22.8. The summed E-state index contributed by atoms with van der Waals surface area (Å²) in [5.74, 6) is 1.85. The molecule has 2 aromatic carbocycles. The molecule has 0 aliphatic heterocycles. The van der Waals surface area contributed by atoms with Crippen molar-refractivity contribution in [3.05, 3.63) is 65.7 Å². The van der Waals surface area contributed by atoms with Crippen LogP contribution in [0.4, 0.5) is 5.82 Å². The van der Waals surface area contributed by atoms with E-state index < -0.39 is 10.0 Å². The molecule has 0 saturated heterocycles. The minimum absolute atomic E-state index is 0.0797. The lowest BCUT2D eigenvalue weighted by atomic mass is 10.1. The number of hydrogen-bond donors (Lipinski definition) is 2. The van der Waals surface area contributed by atoms with Gasteiger partial charge >= 0.3 is 0 Å². The highest BCUT2D eigenvalue weighted by Gasteiger charge is 2.16. The van der Waals surface area contributed by atoms with Crippen LogP contribution in [0.5, 0.6) is 0 Å². The molecular formula is C23H25N5O2S2. The summed E-state index contributed by atoms with van der Waals surface area (Å²) in [6.07, 6.45) is 0.620. The Morgan fingerprint density at radius 1 is 1.09 bits per heavy atom. The summed E-state index contributed by atoms with van der Waals surface area (Å²) in [5.41, 5.74) is 2.80. The van der Waals surface area contributed by atoms with E-state index in [1.54, 1.807) is 23.9 Å². The van der Waals surface area contributed by atoms with Gasteiger partial charge in [0.2, 0.25) is 10.0 Å². The van der Waals surface area contributed by atoms with Crippen LogP contribution in [-0.2, 0) is 16.4 Å². The number of nitrogens with one attached hydrogen (secondary N) is 1. The third-order valence-electron chi connectivity index (χ3n) is 4.55. The van der Waals surface area contributed by atoms with Crippen molar-refractivity contribution < 1.29 is 8.42 Å². The first-order chi connectivity index (χ1) is 15.3. The number of nitrogens with two attached hydrogens (primary N) is 1. The number of nitrogens with zero attached hydrogens (tertiary/aromatic N) is 3. The predicted octanol–water partition coefficient (Wildman–Crippen LogP) is 4.07. The van der Waals surface area contributed by atoms with Gasteiger partial charge in [0.05, 0.1) is 10.6 Å². The zero-order valence-electron chi connectivity index (χ0n) is 17.9. The number of thioether (sulfide) groups is 1. The summed E-state index contributed by atoms with van der Waals surface area (Å²) in [4.78, 5) is 9.35. The van der Waals surface area contributed by atoms with Crippen LogP contribution in [0.2, 0.25) is 0 Å². The van der Waals surface area contributed by atoms with Gasteiger partial charge in [-0.15, -0.1) is 0 Å². The van der Waals surface area contributed by atoms with E-state index in [1.807, 2.05) is 30.3 Å². The molecule has 3 aromatic rings. The Balaban J connectivity index is 1.84. The van der Waals surface area contributed by atoms with E-state index >= 15 is 0 Å². The van der Waals surface area contributed by atoms with Crippen molar-refractivity contribution in [3.63, 3.8) is 0 Å². The van der Waals surface area contributed by atoms with Crippen LogP contribution < -0.4 is 10.5 Å². The third kappa shape index (κ3) is 6.29. The molecule has 0 amide bonds. The largest absolute Gasteiger partial charge is 0.368 e. The highest BCUT2D eigenvalue weighted by Crippen LogP contribution is 2.29. The van der Waals surface area contributed by atoms with Gasteiger partial charge in [-0.3, -0.25) is 0 Å². The molecule has 0 radical (unpaired) electrons. The zero-order valence-corrected chi connectivity index (χ0v) is 19.6. The van der Waals surface area contributed by atoms with Crippen LogP contribution in [0.15, 0.2) is 64.6 Å². The molecule has 9 heteroatoms. The SMILES string of the molecule is CC(C)CSc1nc(NCCc2ccc(S(N)(=O)=O)cc2)c(C#N)c(-c2ccccc2)n1. The van der Waals surface area contributed by atoms with Crippen molar-refractivity contribution >= 4 is 27.6 Å². The molecule has 3 N–H and O–H groups in total. The summed E-state index contributed by atoms with van der Waals surface area (Å²) in [6, 6.07) is 18.3. The van der Waals surface area contributed by atoms with E-state index in [-0.39, 0.29) is 4.90 Å². The van der Waals surface area contributed by atoms with Gasteiger partial charge in [-0.1, -0.05) is 68.1 Å². The molecule has 0 unspecified atom stereocenters. The van der Waals surface area contributed by atoms with E-state index in [4.69, 9.17) is 5.14 Å². The summed E-state index contributed by atoms with van der Waals surface area (Å²) in [7, 11) is -3.71. The number of sulfonamides is 1. The van der Waals surface area contributed by atoms with Crippen molar-refractivity contribution in [2.24, 2.45) is 11.1 Å². The van der Waals surface area contributed by atoms with Crippen molar-refractivity contribution in [1.82, 2.24) is 9.97 Å². The fourth-order valence-corrected chi connectivity index (χ4v) is 4.27. The van der Waals surface area contributed by atoms with Crippen LogP contribution in [0.3, 0.4) is 0 Å². The Bertz CT molecular complexity index is 1210. The smallest absolute Gasteiger partial charge is 0.238 e. The highest BCUT2D eigenvalue weighted by atomic mass is 32.2. The number of aromatic nitrogens is 2. The standard InChI is InChI=1S/C23H25N5O2S2/c1-16(2)15-31-23-27-21(18-6-4-3-5-7-18)20(14-24)22(28-23)26-13-12-17-8-10-19(11-9-17)32(25,29)30/h3-11,16H,12-13,15H2,1-2H3,(H2,25,29,30)(H,26,27,28). The Hall–Kier alpha value is -2.93. The second-order valence-corrected chi connectivity index (χ2v) is 10.2. The number of anilines is 1. The van der Waals surface area contributed by atoms with Crippen LogP contribution in [0.25, 0.3) is 11.3 Å². The number of hydrogen-bond acceptors (Lipinski definition) is 7. The first-order valence-corrected chi connectivity index (χ1v) is 12.7. The molecule has 3 rings (SSSR count). The van der Waals surface area contributed by atoms with E-state index in [9.17, 15) is 13.7 Å². The minimum atomic E-state index is -3.71. The van der Waals surface area contributed by atoms with Gasteiger partial charge in [-0.25, -0.2) is 23.5 Å². The quantitative estimate of drug-likeness (QED) is 0.359. The molecular weight excluding hydrogens is 442 g/mol. The minimum Gasteiger partial charge on any atom is -0.368 e. The average Bonchev–Trinajstić information content (AvgIpc) is 2.77. The molecule has 1 heterocycles. The number of nitriles is 1. The van der Waals surface area contributed by atoms with E-state index in [1.165, 1.54) is 12.1 Å². The summed E-state index contributed by atoms with van der Waals surface area (Å²) in [6.45, 7) is 4.78. The maximum Gasteiger partial charge on any atom is 0.238 e. The van der Waals surface area contributed by atoms with Crippen molar-refractivity contribution in [2.45, 2.75) is 30.3 Å². The second kappa shape index (κ2) is 10.6. The first kappa shape index (κ1) is 23.7. The number of rotatable bonds is 9. The molecule has 166 valence electrons. The van der Waals surface area contributed by atoms with Crippen molar-refractivity contribution in [1.29, 1.82) is 5.26 Å². The van der Waals surface area contributed by atoms with Gasteiger partial charge in [0.25, 0.3) is 0 Å². The van der Waals surface area contributed by atoms with Gasteiger partial charge in [0, 0.05) is 17.9 Å². The lowest BCUT2D eigenvalue weighted by Crippen LogP contribution is -2.12. The molecule has 0 aliphatic carbocycles. The highest BCUT2D eigenvalue weighted by molar-refractivity contribution is 7.99. The zero-order chi connectivity index (χ0) is 23.1. The van der Waals surface area contributed by atoms with Gasteiger partial charge in [-0.05, 0) is 30.0 Å². The summed E-state index contributed by atoms with van der Waals surface area (Å²) >= 11 is 1.56. The molecule has 0 atom stereocenters. The van der Waals surface area contributed by atoms with Gasteiger partial charge < -0.3 is 5.32 Å². The Morgan fingerprint density at radius 2 is 1.78 bits per heavy atom. The molecule has 0 saturated carbocycles. The van der Waals surface area contributed by atoms with Crippen LogP contribution in [0, 0.1) is 17.2 Å². The molecule has 7 nitrogen and oxygen atoms in total. The van der Waals surface area contributed by atoms with Crippen molar-refractivity contribution in [2.75, 3.05) is 17.6 Å². The number of benzene rings is 2. The van der Waals surface area contributed by atoms with E-state index in [0.29, 0.717) is 41.1 Å². The van der Waals surface area contributed by atoms with E-state index in [2.05, 4.69) is 35.2 Å². The monoisotopic (exact) mass is 467 g/mol. The van der Waals surface area contributed by atoms with Crippen LogP contribution >= 0.6 is 11.8 Å². The third-order valence-corrected chi connectivity index (χ3v) is 6.75. The van der Waals surface area contributed by atoms with Gasteiger partial charge in [0.15, 0.2) is 5.16 Å². The Kier molecular flexibility index (Phi) is 7.85.